The second-order valence-corrected chi connectivity index (χ2v) is 5.86. The summed E-state index contributed by atoms with van der Waals surface area (Å²) < 4.78 is 4.86. The summed E-state index contributed by atoms with van der Waals surface area (Å²) in [5.74, 6) is -0.890. The average Bonchev–Trinajstić information content (AvgIpc) is 2.61. The van der Waals surface area contributed by atoms with E-state index in [4.69, 9.17) is 38.5 Å². The van der Waals surface area contributed by atoms with Crippen molar-refractivity contribution in [3.8, 4) is 5.75 Å². The average molecular weight is 398 g/mol. The van der Waals surface area contributed by atoms with Crippen molar-refractivity contribution in [1.29, 1.82) is 0 Å². The second kappa shape index (κ2) is 8.50. The Kier molecular flexibility index (Phi) is 6.37. The van der Waals surface area contributed by atoms with Gasteiger partial charge >= 0.3 is 11.7 Å². The van der Waals surface area contributed by atoms with Gasteiger partial charge in [-0.15, -0.1) is 0 Å². The van der Waals surface area contributed by atoms with E-state index in [1.165, 1.54) is 19.2 Å². The molecule has 26 heavy (non-hydrogen) atoms. The fourth-order valence-electron chi connectivity index (χ4n) is 2.00. The van der Waals surface area contributed by atoms with E-state index in [1.807, 2.05) is 0 Å². The highest BCUT2D eigenvalue weighted by molar-refractivity contribution is 6.35. The van der Waals surface area contributed by atoms with Crippen molar-refractivity contribution >= 4 is 40.7 Å². The minimum Gasteiger partial charge on any atom is -0.490 e. The molecule has 0 aliphatic heterocycles. The van der Waals surface area contributed by atoms with E-state index in [1.54, 1.807) is 18.2 Å². The molecular formula is C16H13Cl2N3O5. The highest BCUT2D eigenvalue weighted by Gasteiger charge is 2.19. The van der Waals surface area contributed by atoms with Gasteiger partial charge in [-0.25, -0.2) is 4.79 Å². The van der Waals surface area contributed by atoms with Crippen molar-refractivity contribution in [2.24, 2.45) is 10.9 Å². The molecule has 0 amide bonds. The first kappa shape index (κ1) is 19.5. The van der Waals surface area contributed by atoms with Gasteiger partial charge in [-0.1, -0.05) is 34.4 Å². The Hall–Kier alpha value is -2.84. The Labute approximate surface area is 158 Å². The molecule has 2 rings (SSSR count). The molecule has 0 bridgehead atoms. The van der Waals surface area contributed by atoms with Crippen LogP contribution < -0.4 is 10.5 Å². The summed E-state index contributed by atoms with van der Waals surface area (Å²) in [7, 11) is 1.28. The molecule has 10 heteroatoms. The van der Waals surface area contributed by atoms with E-state index in [2.05, 4.69) is 5.16 Å². The first-order valence-electron chi connectivity index (χ1n) is 7.12. The minimum atomic E-state index is -0.902. The lowest BCUT2D eigenvalue weighted by molar-refractivity contribution is -0.385. The summed E-state index contributed by atoms with van der Waals surface area (Å²) in [4.78, 5) is 27.0. The zero-order chi connectivity index (χ0) is 19.3. The first-order chi connectivity index (χ1) is 12.3. The van der Waals surface area contributed by atoms with Crippen LogP contribution in [0.1, 0.15) is 15.9 Å². The van der Waals surface area contributed by atoms with Crippen LogP contribution in [0.4, 0.5) is 5.69 Å². The molecule has 0 spiro atoms. The molecule has 0 aromatic heterocycles. The third-order valence-corrected chi connectivity index (χ3v) is 3.83. The number of ether oxygens (including phenoxy) is 1. The molecule has 0 heterocycles. The van der Waals surface area contributed by atoms with Crippen molar-refractivity contribution in [1.82, 2.24) is 0 Å². The summed E-state index contributed by atoms with van der Waals surface area (Å²) in [5, 5.41) is 15.4. The molecule has 0 atom stereocenters. The molecule has 0 unspecified atom stereocenters. The largest absolute Gasteiger partial charge is 0.490 e. The second-order valence-electron chi connectivity index (χ2n) is 5.02. The van der Waals surface area contributed by atoms with Gasteiger partial charge in [-0.2, -0.15) is 0 Å². The number of methoxy groups -OCH3 is 1. The number of nitrogens with two attached hydrogens (primary N) is 1. The van der Waals surface area contributed by atoms with Crippen molar-refractivity contribution in [2.45, 2.75) is 6.42 Å². The fourth-order valence-corrected chi connectivity index (χ4v) is 2.48. The third kappa shape index (κ3) is 4.84. The van der Waals surface area contributed by atoms with E-state index in [0.29, 0.717) is 15.6 Å². The molecule has 0 saturated carbocycles. The van der Waals surface area contributed by atoms with Crippen LogP contribution in [0.25, 0.3) is 0 Å². The van der Waals surface area contributed by atoms with E-state index < -0.39 is 10.9 Å². The van der Waals surface area contributed by atoms with Gasteiger partial charge < -0.3 is 15.3 Å². The number of hydrogen-bond acceptors (Lipinski definition) is 6. The molecule has 0 saturated heterocycles. The van der Waals surface area contributed by atoms with Crippen LogP contribution >= 0.6 is 23.2 Å². The smallest absolute Gasteiger partial charge is 0.366 e. The van der Waals surface area contributed by atoms with E-state index in [9.17, 15) is 14.9 Å². The summed E-state index contributed by atoms with van der Waals surface area (Å²) in [6.45, 7) is 0. The number of nitro benzene ring substituents is 1. The number of amidine groups is 1. The predicted octanol–water partition coefficient (Wildman–Crippen LogP) is 3.58. The predicted molar refractivity (Wildman–Crippen MR) is 96.9 cm³/mol. The van der Waals surface area contributed by atoms with Crippen molar-refractivity contribution in [3.63, 3.8) is 0 Å². The van der Waals surface area contributed by atoms with Crippen LogP contribution in [0.5, 0.6) is 5.75 Å². The van der Waals surface area contributed by atoms with Crippen LogP contribution in [-0.2, 0) is 11.3 Å². The van der Waals surface area contributed by atoms with E-state index in [0.717, 1.165) is 6.07 Å². The van der Waals surface area contributed by atoms with Crippen LogP contribution in [-0.4, -0.2) is 23.8 Å². The molecule has 136 valence electrons. The topological polar surface area (TPSA) is 117 Å². The quantitative estimate of drug-likeness (QED) is 0.261. The highest BCUT2D eigenvalue weighted by Crippen LogP contribution is 2.27. The van der Waals surface area contributed by atoms with Crippen LogP contribution in [0, 0.1) is 10.1 Å². The van der Waals surface area contributed by atoms with Gasteiger partial charge in [0.15, 0.2) is 5.75 Å². The van der Waals surface area contributed by atoms with Crippen LogP contribution in [0.3, 0.4) is 0 Å². The Bertz CT molecular complexity index is 886. The Morgan fingerprint density at radius 3 is 2.62 bits per heavy atom. The number of halogens is 2. The fraction of sp³-hybridized carbons (Fsp3) is 0.125. The number of nitro groups is 1. The van der Waals surface area contributed by atoms with Crippen molar-refractivity contribution in [2.75, 3.05) is 7.11 Å². The first-order valence-corrected chi connectivity index (χ1v) is 7.87. The molecule has 2 aromatic carbocycles. The maximum atomic E-state index is 12.0. The van der Waals surface area contributed by atoms with Crippen molar-refractivity contribution in [3.05, 3.63) is 67.7 Å². The Morgan fingerprint density at radius 1 is 1.27 bits per heavy atom. The standard InChI is InChI=1S/C16H13Cl2N3O5/c1-25-14-5-3-10(6-13(14)21(23)24)16(22)26-20-15(19)7-9-2-4-11(17)8-12(9)18/h2-6,8H,7H2,1H3,(H2,19,20). The Morgan fingerprint density at radius 2 is 2.00 bits per heavy atom. The lowest BCUT2D eigenvalue weighted by Gasteiger charge is -2.05. The summed E-state index contributed by atoms with van der Waals surface area (Å²) >= 11 is 11.8. The van der Waals surface area contributed by atoms with Gasteiger partial charge in [0.1, 0.15) is 5.84 Å². The van der Waals surface area contributed by atoms with Gasteiger partial charge in [-0.05, 0) is 29.8 Å². The monoisotopic (exact) mass is 397 g/mol. The van der Waals surface area contributed by atoms with Gasteiger partial charge in [0.05, 0.1) is 17.6 Å². The molecule has 0 aliphatic rings. The van der Waals surface area contributed by atoms with Crippen molar-refractivity contribution < 1.29 is 19.3 Å². The lowest BCUT2D eigenvalue weighted by Crippen LogP contribution is -2.17. The van der Waals surface area contributed by atoms with Gasteiger partial charge in [-0.3, -0.25) is 10.1 Å². The zero-order valence-electron chi connectivity index (χ0n) is 13.4. The van der Waals surface area contributed by atoms with Crippen LogP contribution in [0.15, 0.2) is 41.6 Å². The highest BCUT2D eigenvalue weighted by atomic mass is 35.5. The molecular weight excluding hydrogens is 385 g/mol. The molecule has 8 nitrogen and oxygen atoms in total. The summed E-state index contributed by atoms with van der Waals surface area (Å²) in [6.07, 6.45) is 0.131. The molecule has 0 radical (unpaired) electrons. The minimum absolute atomic E-state index is 0.00872. The summed E-state index contributed by atoms with van der Waals surface area (Å²) in [6, 6.07) is 8.49. The zero-order valence-corrected chi connectivity index (χ0v) is 15.0. The normalized spacial score (nSPS) is 11.1. The lowest BCUT2D eigenvalue weighted by atomic mass is 10.1. The van der Waals surface area contributed by atoms with Gasteiger partial charge in [0.2, 0.25) is 0 Å². The Balaban J connectivity index is 2.10. The number of carbonyl (C=O) groups excluding carboxylic acids is 1. The SMILES string of the molecule is COc1ccc(C(=O)ON=C(N)Cc2ccc(Cl)cc2Cl)cc1[N+](=O)[O-]. The number of hydrogen-bond donors (Lipinski definition) is 1. The molecule has 2 aromatic rings. The number of rotatable bonds is 6. The summed E-state index contributed by atoms with van der Waals surface area (Å²) in [5.41, 5.74) is 5.92. The maximum absolute atomic E-state index is 12.0. The third-order valence-electron chi connectivity index (χ3n) is 3.24. The van der Waals surface area contributed by atoms with E-state index >= 15 is 0 Å². The van der Waals surface area contributed by atoms with Gasteiger partial charge in [0, 0.05) is 22.5 Å². The van der Waals surface area contributed by atoms with Crippen LogP contribution in [0.2, 0.25) is 10.0 Å². The van der Waals surface area contributed by atoms with E-state index in [-0.39, 0.29) is 29.3 Å². The molecule has 0 fully saturated rings. The number of oxime groups is 1. The molecule has 2 N–H and O–H groups in total. The molecule has 0 aliphatic carbocycles. The maximum Gasteiger partial charge on any atom is 0.366 e. The van der Waals surface area contributed by atoms with Gasteiger partial charge in [0.25, 0.3) is 0 Å². The number of carbonyl (C=O) groups is 1. The number of benzene rings is 2. The number of nitrogens with zero attached hydrogens (tertiary/aromatic N) is 2.